The summed E-state index contributed by atoms with van der Waals surface area (Å²) in [6, 6.07) is 75.8. The van der Waals surface area contributed by atoms with Crippen molar-refractivity contribution in [2.75, 3.05) is 0 Å². The lowest BCUT2D eigenvalue weighted by Crippen LogP contribution is -1.93. The summed E-state index contributed by atoms with van der Waals surface area (Å²) >= 11 is 0. The van der Waals surface area contributed by atoms with Gasteiger partial charge in [0.2, 0.25) is 0 Å². The van der Waals surface area contributed by atoms with Crippen LogP contribution < -0.4 is 0 Å². The van der Waals surface area contributed by atoms with Crippen LogP contribution in [0.3, 0.4) is 0 Å². The van der Waals surface area contributed by atoms with Gasteiger partial charge in [-0.2, -0.15) is 0 Å². The average Bonchev–Trinajstić information content (AvgIpc) is 3.78. The molecular weight excluding hydrogens is 677 g/mol. The zero-order valence-electron chi connectivity index (χ0n) is 30.5. The number of aromatic nitrogens is 2. The number of hydrogen-bond acceptors (Lipinski definition) is 0. The minimum atomic E-state index is 1.16. The third-order valence-corrected chi connectivity index (χ3v) is 11.9. The molecule has 0 saturated heterocycles. The first kappa shape index (κ1) is 31.0. The molecule has 0 N–H and O–H groups in total. The minimum absolute atomic E-state index is 1.16. The highest BCUT2D eigenvalue weighted by Gasteiger charge is 2.17. The molecule has 12 rings (SSSR count). The van der Waals surface area contributed by atoms with Crippen LogP contribution in [0.4, 0.5) is 0 Å². The smallest absolute Gasteiger partial charge is 0.0547 e. The van der Waals surface area contributed by atoms with E-state index in [2.05, 4.69) is 215 Å². The fourth-order valence-electron chi connectivity index (χ4n) is 9.33. The number of para-hydroxylation sites is 3. The fourth-order valence-corrected chi connectivity index (χ4v) is 9.33. The van der Waals surface area contributed by atoms with Crippen molar-refractivity contribution in [2.45, 2.75) is 0 Å². The zero-order valence-corrected chi connectivity index (χ0v) is 30.5. The van der Waals surface area contributed by atoms with Crippen molar-refractivity contribution in [3.05, 3.63) is 206 Å². The summed E-state index contributed by atoms with van der Waals surface area (Å²) in [6.07, 6.45) is 0. The molecule has 2 nitrogen and oxygen atoms in total. The number of rotatable bonds is 4. The molecule has 10 aromatic carbocycles. The van der Waals surface area contributed by atoms with Crippen molar-refractivity contribution >= 4 is 75.9 Å². The highest BCUT2D eigenvalue weighted by atomic mass is 15.0. The van der Waals surface area contributed by atoms with Gasteiger partial charge in [0.05, 0.1) is 22.1 Å². The molecule has 260 valence electrons. The van der Waals surface area contributed by atoms with Gasteiger partial charge >= 0.3 is 0 Å². The van der Waals surface area contributed by atoms with Crippen LogP contribution in [-0.4, -0.2) is 9.13 Å². The maximum Gasteiger partial charge on any atom is 0.0547 e. The molecule has 2 aromatic heterocycles. The molecule has 0 aliphatic heterocycles. The molecule has 0 bridgehead atoms. The van der Waals surface area contributed by atoms with Crippen molar-refractivity contribution in [3.63, 3.8) is 0 Å². The van der Waals surface area contributed by atoms with Crippen molar-refractivity contribution in [2.24, 2.45) is 0 Å². The molecule has 0 radical (unpaired) electrons. The van der Waals surface area contributed by atoms with E-state index < -0.39 is 0 Å². The summed E-state index contributed by atoms with van der Waals surface area (Å²) in [6.45, 7) is 0. The Kier molecular flexibility index (Phi) is 6.66. The van der Waals surface area contributed by atoms with Gasteiger partial charge in [-0.15, -0.1) is 0 Å². The molecule has 0 fully saturated rings. The lowest BCUT2D eigenvalue weighted by atomic mass is 9.92. The summed E-state index contributed by atoms with van der Waals surface area (Å²) in [4.78, 5) is 0. The Morgan fingerprint density at radius 2 is 0.536 bits per heavy atom. The second-order valence-electron chi connectivity index (χ2n) is 14.9. The molecule has 12 aromatic rings. The van der Waals surface area contributed by atoms with Crippen LogP contribution in [0.2, 0.25) is 0 Å². The van der Waals surface area contributed by atoms with Crippen LogP contribution in [0.5, 0.6) is 0 Å². The van der Waals surface area contributed by atoms with Crippen molar-refractivity contribution < 1.29 is 0 Å². The monoisotopic (exact) mass is 710 g/mol. The van der Waals surface area contributed by atoms with Gasteiger partial charge in [0.1, 0.15) is 0 Å². The Labute approximate surface area is 323 Å². The molecular formula is C54H34N2. The molecule has 2 heterocycles. The third kappa shape index (κ3) is 4.57. The van der Waals surface area contributed by atoms with Gasteiger partial charge in [0.25, 0.3) is 0 Å². The zero-order chi connectivity index (χ0) is 36.7. The average molecular weight is 711 g/mol. The van der Waals surface area contributed by atoms with Gasteiger partial charge in [0.15, 0.2) is 0 Å². The number of benzene rings is 10. The van der Waals surface area contributed by atoms with Crippen LogP contribution in [0.25, 0.3) is 110 Å². The second-order valence-corrected chi connectivity index (χ2v) is 14.9. The van der Waals surface area contributed by atoms with E-state index >= 15 is 0 Å². The first-order chi connectivity index (χ1) is 27.8. The van der Waals surface area contributed by atoms with E-state index in [1.807, 2.05) is 0 Å². The summed E-state index contributed by atoms with van der Waals surface area (Å²) in [7, 11) is 0. The Morgan fingerprint density at radius 1 is 0.196 bits per heavy atom. The molecule has 0 aliphatic rings. The van der Waals surface area contributed by atoms with Gasteiger partial charge < -0.3 is 9.13 Å². The van der Waals surface area contributed by atoms with E-state index in [1.165, 1.54) is 104 Å². The highest BCUT2D eigenvalue weighted by Crippen LogP contribution is 2.41. The van der Waals surface area contributed by atoms with Crippen LogP contribution in [-0.2, 0) is 0 Å². The van der Waals surface area contributed by atoms with E-state index in [-0.39, 0.29) is 0 Å². The van der Waals surface area contributed by atoms with Crippen molar-refractivity contribution in [3.8, 4) is 33.6 Å². The summed E-state index contributed by atoms with van der Waals surface area (Å²) in [5, 5.41) is 12.8. The predicted octanol–water partition coefficient (Wildman–Crippen LogP) is 14.7. The number of hydrogen-bond donors (Lipinski definition) is 0. The normalized spacial score (nSPS) is 11.9. The Hall–Kier alpha value is -7.42. The Balaban J connectivity index is 1.08. The van der Waals surface area contributed by atoms with E-state index in [0.717, 1.165) is 5.69 Å². The van der Waals surface area contributed by atoms with Crippen molar-refractivity contribution in [1.82, 2.24) is 9.13 Å². The van der Waals surface area contributed by atoms with E-state index in [0.29, 0.717) is 0 Å². The maximum absolute atomic E-state index is 2.41. The number of nitrogens with zero attached hydrogens (tertiary/aromatic N) is 2. The van der Waals surface area contributed by atoms with Crippen molar-refractivity contribution in [1.29, 1.82) is 0 Å². The van der Waals surface area contributed by atoms with E-state index in [9.17, 15) is 0 Å². The quantitative estimate of drug-likeness (QED) is 0.161. The minimum Gasteiger partial charge on any atom is -0.309 e. The molecule has 0 unspecified atom stereocenters. The Bertz CT molecular complexity index is 3480. The molecule has 0 aliphatic carbocycles. The first-order valence-corrected chi connectivity index (χ1v) is 19.3. The molecule has 0 spiro atoms. The highest BCUT2D eigenvalue weighted by molar-refractivity contribution is 6.26. The maximum atomic E-state index is 2.41. The number of fused-ring (bicyclic) bond motifs is 12. The van der Waals surface area contributed by atoms with Crippen LogP contribution in [0, 0.1) is 0 Å². The lowest BCUT2D eigenvalue weighted by Gasteiger charge is -2.12. The van der Waals surface area contributed by atoms with E-state index in [4.69, 9.17) is 0 Å². The molecule has 56 heavy (non-hydrogen) atoms. The van der Waals surface area contributed by atoms with Crippen LogP contribution >= 0.6 is 0 Å². The summed E-state index contributed by atoms with van der Waals surface area (Å²) < 4.78 is 4.81. The predicted molar refractivity (Wildman–Crippen MR) is 239 cm³/mol. The van der Waals surface area contributed by atoms with Crippen LogP contribution in [0.15, 0.2) is 206 Å². The summed E-state index contributed by atoms with van der Waals surface area (Å²) in [5.74, 6) is 0. The molecule has 0 atom stereocenters. The van der Waals surface area contributed by atoms with E-state index in [1.54, 1.807) is 0 Å². The fraction of sp³-hybridized carbons (Fsp3) is 0. The molecule has 0 amide bonds. The van der Waals surface area contributed by atoms with Crippen LogP contribution in [0.1, 0.15) is 0 Å². The third-order valence-electron chi connectivity index (χ3n) is 11.9. The van der Waals surface area contributed by atoms with Gasteiger partial charge in [-0.1, -0.05) is 140 Å². The lowest BCUT2D eigenvalue weighted by molar-refractivity contribution is 1.18. The summed E-state index contributed by atoms with van der Waals surface area (Å²) in [5.41, 5.74) is 12.0. The molecule has 0 saturated carbocycles. The van der Waals surface area contributed by atoms with Gasteiger partial charge in [-0.05, 0) is 121 Å². The largest absolute Gasteiger partial charge is 0.309 e. The topological polar surface area (TPSA) is 9.86 Å². The second kappa shape index (κ2) is 12.0. The van der Waals surface area contributed by atoms with Gasteiger partial charge in [0, 0.05) is 32.9 Å². The Morgan fingerprint density at radius 3 is 1.09 bits per heavy atom. The van der Waals surface area contributed by atoms with Gasteiger partial charge in [-0.25, -0.2) is 0 Å². The van der Waals surface area contributed by atoms with Gasteiger partial charge in [-0.3, -0.25) is 0 Å². The molecule has 2 heteroatoms. The SMILES string of the molecule is c1ccc(-n2c3ccc(-c4ccc5c6ccccc6c6ccccc6c5c4)cc3c3cc(-c4ccc5c6ccccc6n(-c6ccccc6)c5c4)ccc32)cc1. The standard InChI is InChI=1S/C54H34N2/c1-3-13-39(14-4-1)55-52-29-25-36(35-23-27-45-43-19-8-7-17-41(43)42-18-9-10-20-44(42)48(45)31-35)32-49(52)50-33-37(26-30-53(50)55)38-24-28-47-46-21-11-12-22-51(46)56(54(47)34-38)40-15-5-2-6-16-40/h1-34H. The first-order valence-electron chi connectivity index (χ1n) is 19.3.